The maximum Gasteiger partial charge on any atom is 0.276 e. The minimum atomic E-state index is -0.0508. The van der Waals surface area contributed by atoms with Gasteiger partial charge in [0.05, 0.1) is 5.69 Å². The number of H-pyrrole nitrogens is 1. The minimum absolute atomic E-state index is 0.0508. The molecule has 0 bridgehead atoms. The smallest absolute Gasteiger partial charge is 0.276 e. The summed E-state index contributed by atoms with van der Waals surface area (Å²) in [4.78, 5) is 18.8. The molecule has 1 aromatic carbocycles. The molecule has 5 heteroatoms. The number of para-hydroxylation sites is 1. The maximum absolute atomic E-state index is 12.9. The van der Waals surface area contributed by atoms with Crippen molar-refractivity contribution < 1.29 is 4.79 Å². The summed E-state index contributed by atoms with van der Waals surface area (Å²) in [6, 6.07) is 13.7. The fourth-order valence-corrected chi connectivity index (χ4v) is 3.10. The number of carbonyl (C=O) groups excluding carboxylic acids is 1. The van der Waals surface area contributed by atoms with Gasteiger partial charge in [0.2, 0.25) is 0 Å². The second-order valence-corrected chi connectivity index (χ2v) is 5.77. The van der Waals surface area contributed by atoms with Crippen LogP contribution in [0.5, 0.6) is 0 Å². The summed E-state index contributed by atoms with van der Waals surface area (Å²) < 4.78 is 0. The van der Waals surface area contributed by atoms with Crippen molar-refractivity contribution in [2.75, 3.05) is 4.90 Å². The molecule has 5 nitrogen and oxygen atoms in total. The predicted octanol–water partition coefficient (Wildman–Crippen LogP) is 3.06. The van der Waals surface area contributed by atoms with E-state index in [1.165, 1.54) is 5.56 Å². The molecule has 1 atom stereocenters. The number of aromatic amines is 1. The van der Waals surface area contributed by atoms with Crippen LogP contribution in [0.25, 0.3) is 11.3 Å². The lowest BCUT2D eigenvalue weighted by atomic mass is 10.1. The summed E-state index contributed by atoms with van der Waals surface area (Å²) in [5.74, 6) is -0.0508. The van der Waals surface area contributed by atoms with E-state index in [0.29, 0.717) is 5.69 Å². The molecule has 1 amide bonds. The molecule has 0 fully saturated rings. The number of hydrogen-bond acceptors (Lipinski definition) is 3. The van der Waals surface area contributed by atoms with Crippen LogP contribution < -0.4 is 4.90 Å². The summed E-state index contributed by atoms with van der Waals surface area (Å²) in [6.45, 7) is 2.07. The number of rotatable bonds is 2. The highest BCUT2D eigenvalue weighted by molar-refractivity contribution is 6.07. The second kappa shape index (κ2) is 5.35. The number of carbonyl (C=O) groups is 1. The Morgan fingerprint density at radius 2 is 2.13 bits per heavy atom. The number of fused-ring (bicyclic) bond motifs is 1. The highest BCUT2D eigenvalue weighted by Gasteiger charge is 2.32. The maximum atomic E-state index is 12.9. The van der Waals surface area contributed by atoms with E-state index in [1.807, 2.05) is 35.2 Å². The summed E-state index contributed by atoms with van der Waals surface area (Å²) >= 11 is 0. The molecule has 0 aliphatic carbocycles. The molecule has 0 unspecified atom stereocenters. The zero-order valence-corrected chi connectivity index (χ0v) is 12.7. The van der Waals surface area contributed by atoms with Gasteiger partial charge in [0.1, 0.15) is 5.69 Å². The predicted molar refractivity (Wildman–Crippen MR) is 88.2 cm³/mol. The number of aromatic nitrogens is 3. The molecule has 1 aliphatic rings. The van der Waals surface area contributed by atoms with E-state index in [4.69, 9.17) is 0 Å². The average Bonchev–Trinajstić information content (AvgIpc) is 3.19. The van der Waals surface area contributed by atoms with Gasteiger partial charge in [0.15, 0.2) is 0 Å². The van der Waals surface area contributed by atoms with Crippen LogP contribution in [-0.4, -0.2) is 27.1 Å². The van der Waals surface area contributed by atoms with Gasteiger partial charge in [0, 0.05) is 29.7 Å². The first-order valence-corrected chi connectivity index (χ1v) is 7.61. The molecule has 4 rings (SSSR count). The Hall–Kier alpha value is -2.95. The third-order valence-electron chi connectivity index (χ3n) is 4.19. The fourth-order valence-electron chi connectivity index (χ4n) is 3.10. The molecule has 0 spiro atoms. The van der Waals surface area contributed by atoms with Crippen molar-refractivity contribution in [3.8, 4) is 11.3 Å². The fraction of sp³-hybridized carbons (Fsp3) is 0.167. The van der Waals surface area contributed by atoms with Crippen LogP contribution in [0, 0.1) is 0 Å². The average molecular weight is 304 g/mol. The molecule has 3 aromatic rings. The lowest BCUT2D eigenvalue weighted by molar-refractivity contribution is 0.0976. The summed E-state index contributed by atoms with van der Waals surface area (Å²) in [5.41, 5.74) is 4.30. The SMILES string of the molecule is C[C@H]1Cc2ccccc2N1C(=O)c1cc(-c2cccnc2)n[nH]1. The Bertz CT molecular complexity index is 856. The van der Waals surface area contributed by atoms with E-state index in [0.717, 1.165) is 23.4 Å². The van der Waals surface area contributed by atoms with E-state index < -0.39 is 0 Å². The molecule has 1 N–H and O–H groups in total. The molecule has 3 heterocycles. The molecule has 0 radical (unpaired) electrons. The highest BCUT2D eigenvalue weighted by Crippen LogP contribution is 2.33. The summed E-state index contributed by atoms with van der Waals surface area (Å²) in [6.07, 6.45) is 4.33. The highest BCUT2D eigenvalue weighted by atomic mass is 16.2. The molecule has 114 valence electrons. The Labute approximate surface area is 134 Å². The third-order valence-corrected chi connectivity index (χ3v) is 4.19. The molecule has 23 heavy (non-hydrogen) atoms. The van der Waals surface area contributed by atoms with Crippen LogP contribution in [0.1, 0.15) is 23.0 Å². The molecule has 0 saturated heterocycles. The van der Waals surface area contributed by atoms with Crippen LogP contribution in [-0.2, 0) is 6.42 Å². The standard InChI is InChI=1S/C18H16N4O/c1-12-9-13-5-2-3-7-17(13)22(12)18(23)16-10-15(20-21-16)14-6-4-8-19-11-14/h2-8,10-12H,9H2,1H3,(H,20,21)/t12-/m0/s1. The van der Waals surface area contributed by atoms with Crippen molar-refractivity contribution in [3.63, 3.8) is 0 Å². The molecule has 2 aromatic heterocycles. The van der Waals surface area contributed by atoms with Gasteiger partial charge in [-0.3, -0.25) is 14.9 Å². The summed E-state index contributed by atoms with van der Waals surface area (Å²) in [5, 5.41) is 7.11. The van der Waals surface area contributed by atoms with Gasteiger partial charge >= 0.3 is 0 Å². The van der Waals surface area contributed by atoms with Crippen LogP contribution in [0.3, 0.4) is 0 Å². The van der Waals surface area contributed by atoms with E-state index in [1.54, 1.807) is 18.5 Å². The van der Waals surface area contributed by atoms with Crippen LogP contribution in [0.15, 0.2) is 54.9 Å². The monoisotopic (exact) mass is 304 g/mol. The van der Waals surface area contributed by atoms with Crippen LogP contribution in [0.4, 0.5) is 5.69 Å². The zero-order valence-electron chi connectivity index (χ0n) is 12.7. The normalized spacial score (nSPS) is 16.4. The lowest BCUT2D eigenvalue weighted by Gasteiger charge is -2.21. The number of benzene rings is 1. The van der Waals surface area contributed by atoms with Crippen molar-refractivity contribution in [2.24, 2.45) is 0 Å². The van der Waals surface area contributed by atoms with Gasteiger partial charge in [-0.2, -0.15) is 5.10 Å². The van der Waals surface area contributed by atoms with E-state index in [2.05, 4.69) is 28.2 Å². The number of nitrogens with zero attached hydrogens (tertiary/aromatic N) is 3. The Balaban J connectivity index is 1.67. The van der Waals surface area contributed by atoms with Gasteiger partial charge < -0.3 is 4.90 Å². The lowest BCUT2D eigenvalue weighted by Crippen LogP contribution is -2.35. The Morgan fingerprint density at radius 3 is 2.96 bits per heavy atom. The van der Waals surface area contributed by atoms with Crippen molar-refractivity contribution in [2.45, 2.75) is 19.4 Å². The van der Waals surface area contributed by atoms with Gasteiger partial charge in [-0.15, -0.1) is 0 Å². The third kappa shape index (κ3) is 2.30. The topological polar surface area (TPSA) is 61.9 Å². The second-order valence-electron chi connectivity index (χ2n) is 5.77. The molecule has 1 aliphatic heterocycles. The number of amides is 1. The first kappa shape index (κ1) is 13.7. The quantitative estimate of drug-likeness (QED) is 0.791. The Kier molecular flexibility index (Phi) is 3.19. The van der Waals surface area contributed by atoms with Crippen molar-refractivity contribution in [3.05, 3.63) is 66.1 Å². The van der Waals surface area contributed by atoms with Crippen molar-refractivity contribution in [1.29, 1.82) is 0 Å². The van der Waals surface area contributed by atoms with Crippen LogP contribution >= 0.6 is 0 Å². The first-order chi connectivity index (χ1) is 11.2. The molecular formula is C18H16N4O. The molecule has 0 saturated carbocycles. The van der Waals surface area contributed by atoms with E-state index >= 15 is 0 Å². The van der Waals surface area contributed by atoms with Gasteiger partial charge in [-0.25, -0.2) is 0 Å². The largest absolute Gasteiger partial charge is 0.304 e. The van der Waals surface area contributed by atoms with Gasteiger partial charge in [-0.05, 0) is 43.2 Å². The van der Waals surface area contributed by atoms with Gasteiger partial charge in [-0.1, -0.05) is 18.2 Å². The van der Waals surface area contributed by atoms with Crippen LogP contribution in [0.2, 0.25) is 0 Å². The van der Waals surface area contributed by atoms with E-state index in [9.17, 15) is 4.79 Å². The number of pyridine rings is 1. The van der Waals surface area contributed by atoms with E-state index in [-0.39, 0.29) is 11.9 Å². The Morgan fingerprint density at radius 1 is 1.26 bits per heavy atom. The number of anilines is 1. The van der Waals surface area contributed by atoms with Crippen molar-refractivity contribution in [1.82, 2.24) is 15.2 Å². The molecular weight excluding hydrogens is 288 g/mol. The van der Waals surface area contributed by atoms with Crippen molar-refractivity contribution >= 4 is 11.6 Å². The minimum Gasteiger partial charge on any atom is -0.304 e. The number of nitrogens with one attached hydrogen (secondary N) is 1. The zero-order chi connectivity index (χ0) is 15.8. The van der Waals surface area contributed by atoms with Gasteiger partial charge in [0.25, 0.3) is 5.91 Å². The summed E-state index contributed by atoms with van der Waals surface area (Å²) in [7, 11) is 0. The number of hydrogen-bond donors (Lipinski definition) is 1. The first-order valence-electron chi connectivity index (χ1n) is 7.61.